The summed E-state index contributed by atoms with van der Waals surface area (Å²) in [7, 11) is 1.48. The number of carbonyl (C=O) groups excluding carboxylic acids is 2. The smallest absolute Gasteiger partial charge is 0.408 e. The molecule has 0 saturated heterocycles. The van der Waals surface area contributed by atoms with Crippen molar-refractivity contribution < 1.29 is 24.2 Å². The number of aliphatic carboxylic acids is 1. The molecule has 0 heterocycles. The van der Waals surface area contributed by atoms with Crippen molar-refractivity contribution in [3.8, 4) is 11.1 Å². The van der Waals surface area contributed by atoms with E-state index in [1.165, 1.54) is 11.9 Å². The molecule has 0 bridgehead atoms. The van der Waals surface area contributed by atoms with E-state index in [4.69, 9.17) is 4.74 Å². The largest absolute Gasteiger partial charge is 0.480 e. The summed E-state index contributed by atoms with van der Waals surface area (Å²) in [5.41, 5.74) is 3.29. The molecule has 7 nitrogen and oxygen atoms in total. The normalized spacial score (nSPS) is 17.3. The number of hydrogen-bond donors (Lipinski definition) is 2. The molecule has 0 spiro atoms. The van der Waals surface area contributed by atoms with Crippen LogP contribution in [0.2, 0.25) is 0 Å². The standard InChI is InChI=1S/C26H30N2O5/c1-4-22(23(29)30)28(3)24(31)26(2,16-13-14-16)27-25(32)33-15-21-19-11-7-5-9-17(19)18-10-6-8-12-20(18)21/h5-12,16,21-22H,4,13-15H2,1-3H3,(H,27,32)(H,29,30). The maximum absolute atomic E-state index is 13.3. The molecule has 2 unspecified atom stereocenters. The highest BCUT2D eigenvalue weighted by Gasteiger charge is 2.51. The molecule has 2 N–H and O–H groups in total. The molecule has 174 valence electrons. The molecule has 2 aliphatic rings. The van der Waals surface area contributed by atoms with Crippen LogP contribution in [0.3, 0.4) is 0 Å². The molecule has 2 aliphatic carbocycles. The molecule has 7 heteroatoms. The van der Waals surface area contributed by atoms with Crippen molar-refractivity contribution in [2.45, 2.75) is 50.6 Å². The van der Waals surface area contributed by atoms with Crippen LogP contribution in [-0.2, 0) is 14.3 Å². The molecule has 0 aromatic heterocycles. The Kier molecular flexibility index (Phi) is 6.15. The van der Waals surface area contributed by atoms with Crippen LogP contribution < -0.4 is 5.32 Å². The van der Waals surface area contributed by atoms with E-state index in [1.54, 1.807) is 13.8 Å². The summed E-state index contributed by atoms with van der Waals surface area (Å²) in [6.07, 6.45) is 1.20. The minimum atomic E-state index is -1.21. The Morgan fingerprint density at radius 1 is 1.09 bits per heavy atom. The third-order valence-corrected chi connectivity index (χ3v) is 7.00. The van der Waals surface area contributed by atoms with E-state index in [2.05, 4.69) is 17.4 Å². The highest BCUT2D eigenvalue weighted by atomic mass is 16.5. The highest BCUT2D eigenvalue weighted by Crippen LogP contribution is 2.45. The lowest BCUT2D eigenvalue weighted by molar-refractivity contribution is -0.152. The van der Waals surface area contributed by atoms with E-state index in [1.807, 2.05) is 36.4 Å². The van der Waals surface area contributed by atoms with Crippen LogP contribution in [0, 0.1) is 5.92 Å². The van der Waals surface area contributed by atoms with Gasteiger partial charge in [-0.1, -0.05) is 55.5 Å². The lowest BCUT2D eigenvalue weighted by Crippen LogP contribution is -2.61. The van der Waals surface area contributed by atoms with Gasteiger partial charge >= 0.3 is 12.1 Å². The van der Waals surface area contributed by atoms with E-state index < -0.39 is 29.6 Å². The highest BCUT2D eigenvalue weighted by molar-refractivity contribution is 5.93. The summed E-state index contributed by atoms with van der Waals surface area (Å²) in [5, 5.41) is 12.2. The summed E-state index contributed by atoms with van der Waals surface area (Å²) >= 11 is 0. The van der Waals surface area contributed by atoms with E-state index in [0.717, 1.165) is 35.1 Å². The predicted octanol–water partition coefficient (Wildman–Crippen LogP) is 4.02. The van der Waals surface area contributed by atoms with Crippen molar-refractivity contribution in [1.29, 1.82) is 0 Å². The van der Waals surface area contributed by atoms with Gasteiger partial charge in [-0.15, -0.1) is 0 Å². The molecule has 2 amide bonds. The fourth-order valence-electron chi connectivity index (χ4n) is 4.96. The summed E-state index contributed by atoms with van der Waals surface area (Å²) in [6.45, 7) is 3.53. The molecule has 2 aromatic rings. The molecule has 1 saturated carbocycles. The first-order valence-electron chi connectivity index (χ1n) is 11.4. The van der Waals surface area contributed by atoms with Gasteiger partial charge in [0.1, 0.15) is 18.2 Å². The van der Waals surface area contributed by atoms with Gasteiger partial charge in [0, 0.05) is 13.0 Å². The number of ether oxygens (including phenoxy) is 1. The molecule has 33 heavy (non-hydrogen) atoms. The number of carboxylic acid groups (broad SMARTS) is 1. The maximum atomic E-state index is 13.3. The average molecular weight is 451 g/mol. The Hall–Kier alpha value is -3.35. The van der Waals surface area contributed by atoms with Crippen LogP contribution in [0.25, 0.3) is 11.1 Å². The van der Waals surface area contributed by atoms with Gasteiger partial charge in [0.15, 0.2) is 0 Å². The Labute approximate surface area is 193 Å². The van der Waals surface area contributed by atoms with Crippen molar-refractivity contribution in [3.63, 3.8) is 0 Å². The molecule has 2 atom stereocenters. The Morgan fingerprint density at radius 2 is 1.64 bits per heavy atom. The van der Waals surface area contributed by atoms with Crippen molar-refractivity contribution in [2.75, 3.05) is 13.7 Å². The second kappa shape index (κ2) is 8.89. The van der Waals surface area contributed by atoms with Gasteiger partial charge in [0.2, 0.25) is 5.91 Å². The van der Waals surface area contributed by atoms with Crippen LogP contribution in [0.5, 0.6) is 0 Å². The molecule has 4 rings (SSSR count). The summed E-state index contributed by atoms with van der Waals surface area (Å²) in [6, 6.07) is 15.2. The minimum Gasteiger partial charge on any atom is -0.480 e. The third-order valence-electron chi connectivity index (χ3n) is 7.00. The monoisotopic (exact) mass is 450 g/mol. The van der Waals surface area contributed by atoms with E-state index in [0.29, 0.717) is 0 Å². The maximum Gasteiger partial charge on any atom is 0.408 e. The SMILES string of the molecule is CCC(C(=O)O)N(C)C(=O)C(C)(NC(=O)OCC1c2ccccc2-c2ccccc21)C1CC1. The Bertz CT molecular complexity index is 1030. The van der Waals surface area contributed by atoms with Crippen molar-refractivity contribution in [2.24, 2.45) is 5.92 Å². The second-order valence-electron chi connectivity index (χ2n) is 9.11. The first-order valence-corrected chi connectivity index (χ1v) is 11.4. The molecular formula is C26H30N2O5. The number of fused-ring (bicyclic) bond motifs is 3. The van der Waals surface area contributed by atoms with Gasteiger partial charge in [-0.3, -0.25) is 4.79 Å². The molecule has 1 fully saturated rings. The Morgan fingerprint density at radius 3 is 2.12 bits per heavy atom. The van der Waals surface area contributed by atoms with Gasteiger partial charge in [-0.2, -0.15) is 0 Å². The molecular weight excluding hydrogens is 420 g/mol. The minimum absolute atomic E-state index is 0.0424. The third kappa shape index (κ3) is 4.19. The zero-order valence-corrected chi connectivity index (χ0v) is 19.2. The van der Waals surface area contributed by atoms with Crippen molar-refractivity contribution in [1.82, 2.24) is 10.2 Å². The van der Waals surface area contributed by atoms with Gasteiger partial charge in [-0.25, -0.2) is 9.59 Å². The zero-order chi connectivity index (χ0) is 23.8. The van der Waals surface area contributed by atoms with Crippen LogP contribution >= 0.6 is 0 Å². The van der Waals surface area contributed by atoms with E-state index >= 15 is 0 Å². The number of carbonyl (C=O) groups is 3. The lowest BCUT2D eigenvalue weighted by atomic mass is 9.93. The Balaban J connectivity index is 1.48. The quantitative estimate of drug-likeness (QED) is 0.633. The molecule has 0 aliphatic heterocycles. The number of benzene rings is 2. The number of carboxylic acids is 1. The molecule has 2 aromatic carbocycles. The molecule has 0 radical (unpaired) electrons. The van der Waals surface area contributed by atoms with E-state index in [9.17, 15) is 19.5 Å². The first kappa shape index (κ1) is 22.8. The number of nitrogens with one attached hydrogen (secondary N) is 1. The second-order valence-corrected chi connectivity index (χ2v) is 9.11. The zero-order valence-electron chi connectivity index (χ0n) is 19.2. The topological polar surface area (TPSA) is 95.9 Å². The number of alkyl carbamates (subject to hydrolysis) is 1. The van der Waals surface area contributed by atoms with Crippen LogP contribution in [0.1, 0.15) is 50.2 Å². The number of nitrogens with zero attached hydrogens (tertiary/aromatic N) is 1. The van der Waals surface area contributed by atoms with Gasteiger partial charge in [0.25, 0.3) is 0 Å². The summed E-state index contributed by atoms with van der Waals surface area (Å²) in [4.78, 5) is 38.9. The van der Waals surface area contributed by atoms with Gasteiger partial charge in [0.05, 0.1) is 0 Å². The number of rotatable bonds is 8. The summed E-state index contributed by atoms with van der Waals surface area (Å²) < 4.78 is 5.64. The van der Waals surface area contributed by atoms with Gasteiger partial charge in [-0.05, 0) is 54.4 Å². The predicted molar refractivity (Wildman–Crippen MR) is 124 cm³/mol. The summed E-state index contributed by atoms with van der Waals surface area (Å²) in [5.74, 6) is -1.59. The average Bonchev–Trinajstić information content (AvgIpc) is 3.61. The number of likely N-dealkylation sites (N-methyl/N-ethyl adjacent to an activating group) is 1. The van der Waals surface area contributed by atoms with Crippen LogP contribution in [0.15, 0.2) is 48.5 Å². The van der Waals surface area contributed by atoms with Gasteiger partial charge < -0.3 is 20.1 Å². The van der Waals surface area contributed by atoms with Crippen LogP contribution in [-0.4, -0.2) is 53.2 Å². The fraction of sp³-hybridized carbons (Fsp3) is 0.423. The van der Waals surface area contributed by atoms with Crippen molar-refractivity contribution >= 4 is 18.0 Å². The lowest BCUT2D eigenvalue weighted by Gasteiger charge is -2.35. The fourth-order valence-corrected chi connectivity index (χ4v) is 4.96. The van der Waals surface area contributed by atoms with Crippen LogP contribution in [0.4, 0.5) is 4.79 Å². The van der Waals surface area contributed by atoms with E-state index in [-0.39, 0.29) is 24.9 Å². The first-order chi connectivity index (χ1) is 15.8. The number of amides is 2. The van der Waals surface area contributed by atoms with Crippen molar-refractivity contribution in [3.05, 3.63) is 59.7 Å². The number of hydrogen-bond acceptors (Lipinski definition) is 4.